The molecule has 0 saturated heterocycles. The summed E-state index contributed by atoms with van der Waals surface area (Å²) in [4.78, 5) is 25.2. The van der Waals surface area contributed by atoms with Gasteiger partial charge >= 0.3 is 0 Å². The Kier molecular flexibility index (Phi) is 6.28. The Bertz CT molecular complexity index is 1300. The van der Waals surface area contributed by atoms with Crippen molar-refractivity contribution in [2.45, 2.75) is 26.8 Å². The quantitative estimate of drug-likeness (QED) is 0.430. The Morgan fingerprint density at radius 3 is 2.30 bits per heavy atom. The van der Waals surface area contributed by atoms with E-state index in [1.165, 1.54) is 0 Å². The number of rotatable bonds is 6. The fourth-order valence-electron chi connectivity index (χ4n) is 3.38. The summed E-state index contributed by atoms with van der Waals surface area (Å²) in [6, 6.07) is 15.4. The van der Waals surface area contributed by atoms with Gasteiger partial charge in [0.25, 0.3) is 5.91 Å². The molecule has 0 spiro atoms. The number of halogens is 1. The maximum absolute atomic E-state index is 12.7. The molecule has 4 aromatic rings. The van der Waals surface area contributed by atoms with Gasteiger partial charge in [0.2, 0.25) is 5.91 Å². The molecule has 0 aliphatic heterocycles. The number of anilines is 2. The molecule has 0 bridgehead atoms. The Balaban J connectivity index is 1.43. The molecule has 0 aliphatic rings. The predicted molar refractivity (Wildman–Crippen MR) is 128 cm³/mol. The normalized spacial score (nSPS) is 11.8. The Hall–Kier alpha value is -3.91. The van der Waals surface area contributed by atoms with Crippen LogP contribution in [0.15, 0.2) is 67.0 Å². The summed E-state index contributed by atoms with van der Waals surface area (Å²) in [5.74, 6) is -0.469. The Morgan fingerprint density at radius 2 is 1.70 bits per heavy atom. The van der Waals surface area contributed by atoms with E-state index in [4.69, 9.17) is 11.6 Å². The van der Waals surface area contributed by atoms with Crippen molar-refractivity contribution in [2.75, 3.05) is 10.6 Å². The molecular formula is C24H23ClN6O2. The Labute approximate surface area is 196 Å². The highest BCUT2D eigenvalue weighted by Gasteiger charge is 2.16. The maximum atomic E-state index is 12.7. The van der Waals surface area contributed by atoms with Gasteiger partial charge in [-0.2, -0.15) is 10.2 Å². The van der Waals surface area contributed by atoms with E-state index in [-0.39, 0.29) is 11.8 Å². The van der Waals surface area contributed by atoms with Crippen LogP contribution in [0.25, 0.3) is 5.69 Å². The van der Waals surface area contributed by atoms with Crippen molar-refractivity contribution in [2.24, 2.45) is 0 Å². The molecule has 0 saturated carbocycles. The van der Waals surface area contributed by atoms with E-state index >= 15 is 0 Å². The molecule has 2 heterocycles. The lowest BCUT2D eigenvalue weighted by Crippen LogP contribution is -2.24. The lowest BCUT2D eigenvalue weighted by Gasteiger charge is -2.13. The van der Waals surface area contributed by atoms with E-state index in [9.17, 15) is 9.59 Å². The van der Waals surface area contributed by atoms with E-state index in [1.807, 2.05) is 26.0 Å². The summed E-state index contributed by atoms with van der Waals surface area (Å²) < 4.78 is 3.32. The second-order valence-electron chi connectivity index (χ2n) is 7.63. The number of carbonyl (C=O) groups excluding carboxylic acids is 2. The highest BCUT2D eigenvalue weighted by molar-refractivity contribution is 6.31. The van der Waals surface area contributed by atoms with Gasteiger partial charge < -0.3 is 10.6 Å². The molecule has 2 aromatic heterocycles. The van der Waals surface area contributed by atoms with Crippen LogP contribution in [0.3, 0.4) is 0 Å². The van der Waals surface area contributed by atoms with Crippen LogP contribution in [0, 0.1) is 13.8 Å². The number of aryl methyl sites for hydroxylation is 1. The summed E-state index contributed by atoms with van der Waals surface area (Å²) >= 11 is 6.23. The topological polar surface area (TPSA) is 93.8 Å². The van der Waals surface area contributed by atoms with Crippen molar-refractivity contribution in [3.05, 3.63) is 89.0 Å². The molecule has 0 fully saturated rings. The predicted octanol–water partition coefficient (Wildman–Crippen LogP) is 4.79. The minimum atomic E-state index is -0.464. The standard InChI is InChI=1S/C24H23ClN6O2/c1-15-22(25)16(2)31(29-15)21-10-8-18(9-11-21)24(33)28-20-7-4-6-19(14-20)27-23(32)17(3)30-13-5-12-26-30/h4-14,17H,1-3H3,(H,27,32)(H,28,33). The first-order valence-electron chi connectivity index (χ1n) is 10.4. The molecule has 1 atom stereocenters. The van der Waals surface area contributed by atoms with E-state index in [0.717, 1.165) is 17.1 Å². The zero-order valence-corrected chi connectivity index (χ0v) is 19.2. The summed E-state index contributed by atoms with van der Waals surface area (Å²) in [6.07, 6.45) is 3.36. The zero-order valence-electron chi connectivity index (χ0n) is 18.4. The van der Waals surface area contributed by atoms with Crippen LogP contribution in [0.2, 0.25) is 5.02 Å². The number of benzene rings is 2. The molecule has 0 radical (unpaired) electrons. The third-order valence-corrected chi connectivity index (χ3v) is 5.81. The van der Waals surface area contributed by atoms with Gasteiger partial charge in [0.05, 0.1) is 22.1 Å². The molecule has 33 heavy (non-hydrogen) atoms. The number of hydrogen-bond acceptors (Lipinski definition) is 4. The average molecular weight is 463 g/mol. The summed E-state index contributed by atoms with van der Waals surface area (Å²) in [5, 5.41) is 14.9. The maximum Gasteiger partial charge on any atom is 0.255 e. The number of aromatic nitrogens is 4. The monoisotopic (exact) mass is 462 g/mol. The number of amides is 2. The lowest BCUT2D eigenvalue weighted by atomic mass is 10.2. The van der Waals surface area contributed by atoms with Gasteiger partial charge in [-0.05, 0) is 69.3 Å². The summed E-state index contributed by atoms with van der Waals surface area (Å²) in [6.45, 7) is 5.50. The van der Waals surface area contributed by atoms with Crippen molar-refractivity contribution < 1.29 is 9.59 Å². The molecule has 0 aliphatic carbocycles. The first kappa shape index (κ1) is 22.3. The average Bonchev–Trinajstić information content (AvgIpc) is 3.44. The van der Waals surface area contributed by atoms with Crippen molar-refractivity contribution in [3.8, 4) is 5.69 Å². The van der Waals surface area contributed by atoms with E-state index < -0.39 is 6.04 Å². The second-order valence-corrected chi connectivity index (χ2v) is 8.01. The van der Waals surface area contributed by atoms with Gasteiger partial charge in [0.15, 0.2) is 0 Å². The molecule has 1 unspecified atom stereocenters. The van der Waals surface area contributed by atoms with Crippen molar-refractivity contribution in [1.82, 2.24) is 19.6 Å². The van der Waals surface area contributed by atoms with E-state index in [2.05, 4.69) is 20.8 Å². The second kappa shape index (κ2) is 9.30. The van der Waals surface area contributed by atoms with Crippen LogP contribution in [-0.2, 0) is 4.79 Å². The van der Waals surface area contributed by atoms with Crippen LogP contribution < -0.4 is 10.6 Å². The molecular weight excluding hydrogens is 440 g/mol. The van der Waals surface area contributed by atoms with Gasteiger partial charge in [-0.1, -0.05) is 17.7 Å². The smallest absolute Gasteiger partial charge is 0.255 e. The number of carbonyl (C=O) groups is 2. The lowest BCUT2D eigenvalue weighted by molar-refractivity contribution is -0.119. The Morgan fingerprint density at radius 1 is 1.00 bits per heavy atom. The van der Waals surface area contributed by atoms with Gasteiger partial charge in [-0.3, -0.25) is 14.3 Å². The van der Waals surface area contributed by atoms with Crippen LogP contribution in [0.5, 0.6) is 0 Å². The number of nitrogens with zero attached hydrogens (tertiary/aromatic N) is 4. The number of hydrogen-bond donors (Lipinski definition) is 2. The zero-order chi connectivity index (χ0) is 23.5. The van der Waals surface area contributed by atoms with Crippen LogP contribution in [-0.4, -0.2) is 31.4 Å². The van der Waals surface area contributed by atoms with Crippen LogP contribution >= 0.6 is 11.6 Å². The first-order valence-corrected chi connectivity index (χ1v) is 10.7. The van der Waals surface area contributed by atoms with E-state index in [1.54, 1.807) is 71.1 Å². The fraction of sp³-hybridized carbons (Fsp3) is 0.167. The van der Waals surface area contributed by atoms with Crippen molar-refractivity contribution >= 4 is 34.8 Å². The van der Waals surface area contributed by atoms with Crippen LogP contribution in [0.1, 0.15) is 34.7 Å². The molecule has 168 valence electrons. The molecule has 9 heteroatoms. The minimum Gasteiger partial charge on any atom is -0.324 e. The summed E-state index contributed by atoms with van der Waals surface area (Å²) in [5.41, 5.74) is 4.05. The third-order valence-electron chi connectivity index (χ3n) is 5.27. The largest absolute Gasteiger partial charge is 0.324 e. The highest BCUT2D eigenvalue weighted by Crippen LogP contribution is 2.23. The van der Waals surface area contributed by atoms with Crippen LogP contribution in [0.4, 0.5) is 11.4 Å². The molecule has 2 N–H and O–H groups in total. The molecule has 2 aromatic carbocycles. The van der Waals surface area contributed by atoms with Crippen molar-refractivity contribution in [3.63, 3.8) is 0 Å². The van der Waals surface area contributed by atoms with Gasteiger partial charge in [-0.15, -0.1) is 0 Å². The molecule has 4 rings (SSSR count). The first-order chi connectivity index (χ1) is 15.8. The third kappa shape index (κ3) is 4.80. The SMILES string of the molecule is Cc1nn(-c2ccc(C(=O)Nc3cccc(NC(=O)C(C)n4cccn4)c3)cc2)c(C)c1Cl. The van der Waals surface area contributed by atoms with E-state index in [0.29, 0.717) is 22.0 Å². The minimum absolute atomic E-state index is 0.206. The van der Waals surface area contributed by atoms with Crippen molar-refractivity contribution in [1.29, 1.82) is 0 Å². The highest BCUT2D eigenvalue weighted by atomic mass is 35.5. The fourth-order valence-corrected chi connectivity index (χ4v) is 3.50. The number of nitrogens with one attached hydrogen (secondary N) is 2. The van der Waals surface area contributed by atoms with Gasteiger partial charge in [-0.25, -0.2) is 4.68 Å². The summed E-state index contributed by atoms with van der Waals surface area (Å²) in [7, 11) is 0. The van der Waals surface area contributed by atoms with Gasteiger partial charge in [0.1, 0.15) is 6.04 Å². The molecule has 8 nitrogen and oxygen atoms in total. The molecule has 2 amide bonds. The van der Waals surface area contributed by atoms with Gasteiger partial charge in [0, 0.05) is 29.3 Å².